The molecule has 0 radical (unpaired) electrons. The third kappa shape index (κ3) is 5.42. The van der Waals surface area contributed by atoms with Crippen LogP contribution in [0, 0.1) is 0 Å². The van der Waals surface area contributed by atoms with Crippen LogP contribution in [0.3, 0.4) is 0 Å². The minimum atomic E-state index is -0.832. The van der Waals surface area contributed by atoms with Gasteiger partial charge >= 0.3 is 0 Å². The molecule has 1 unspecified atom stereocenters. The Morgan fingerprint density at radius 1 is 0.973 bits per heavy atom. The number of aliphatic hydroxyl groups excluding tert-OH is 1. The van der Waals surface area contributed by atoms with Gasteiger partial charge in [0.15, 0.2) is 0 Å². The zero-order valence-electron chi connectivity index (χ0n) is 21.0. The number of likely N-dealkylation sites (tertiary alicyclic amines) is 1. The Morgan fingerprint density at radius 2 is 1.70 bits per heavy atom. The van der Waals surface area contributed by atoms with Gasteiger partial charge in [-0.2, -0.15) is 0 Å². The second-order valence-corrected chi connectivity index (χ2v) is 9.27. The molecule has 1 N–H and O–H groups in total. The van der Waals surface area contributed by atoms with E-state index in [1.54, 1.807) is 55.6 Å². The van der Waals surface area contributed by atoms with Crippen LogP contribution in [0.1, 0.15) is 36.6 Å². The van der Waals surface area contributed by atoms with E-state index < -0.39 is 17.7 Å². The molecule has 0 bridgehead atoms. The Balaban J connectivity index is 1.84. The van der Waals surface area contributed by atoms with Crippen LogP contribution in [-0.2, 0) is 16.1 Å². The summed E-state index contributed by atoms with van der Waals surface area (Å²) < 4.78 is 16.3. The van der Waals surface area contributed by atoms with Gasteiger partial charge in [0.25, 0.3) is 11.7 Å². The predicted molar refractivity (Wildman–Crippen MR) is 141 cm³/mol. The first-order valence-electron chi connectivity index (χ1n) is 11.7. The van der Waals surface area contributed by atoms with Gasteiger partial charge in [0.1, 0.15) is 23.0 Å². The monoisotopic (exact) mass is 521 g/mol. The molecule has 0 spiro atoms. The number of benzene rings is 3. The average molecular weight is 522 g/mol. The Labute approximate surface area is 220 Å². The highest BCUT2D eigenvalue weighted by Gasteiger charge is 2.46. The van der Waals surface area contributed by atoms with E-state index in [4.69, 9.17) is 25.8 Å². The molecule has 37 heavy (non-hydrogen) atoms. The van der Waals surface area contributed by atoms with Gasteiger partial charge in [0.2, 0.25) is 0 Å². The summed E-state index contributed by atoms with van der Waals surface area (Å²) in [4.78, 5) is 28.1. The summed E-state index contributed by atoms with van der Waals surface area (Å²) in [5.41, 5.74) is 1.72. The quantitative estimate of drug-likeness (QED) is 0.230. The molecule has 1 aliphatic rings. The highest BCUT2D eigenvalue weighted by Crippen LogP contribution is 2.41. The smallest absolute Gasteiger partial charge is 0.295 e. The first-order valence-corrected chi connectivity index (χ1v) is 12.1. The number of Topliss-reactive ketones (excluding diaryl/α,β-unsaturated/α-hetero) is 1. The Kier molecular flexibility index (Phi) is 7.74. The van der Waals surface area contributed by atoms with Crippen LogP contribution in [0.5, 0.6) is 17.2 Å². The molecule has 7 nitrogen and oxygen atoms in total. The number of carbonyl (C=O) groups is 2. The lowest BCUT2D eigenvalue weighted by molar-refractivity contribution is -0.140. The SMILES string of the molecule is COc1cccc(CN2C(=O)C(=O)/C(=C(\O)c3ccc(Cl)c(OC)c3)C2c2ccc(OC(C)C)cc2)c1. The third-order valence-corrected chi connectivity index (χ3v) is 6.33. The van der Waals surface area contributed by atoms with Crippen molar-refractivity contribution in [3.63, 3.8) is 0 Å². The fourth-order valence-corrected chi connectivity index (χ4v) is 4.52. The number of hydrogen-bond acceptors (Lipinski definition) is 6. The molecule has 0 aromatic heterocycles. The maximum Gasteiger partial charge on any atom is 0.295 e. The van der Waals surface area contributed by atoms with Gasteiger partial charge in [-0.1, -0.05) is 35.9 Å². The van der Waals surface area contributed by atoms with Gasteiger partial charge in [-0.15, -0.1) is 0 Å². The maximum absolute atomic E-state index is 13.3. The lowest BCUT2D eigenvalue weighted by Crippen LogP contribution is -2.29. The number of rotatable bonds is 8. The molecular formula is C29H28ClNO6. The van der Waals surface area contributed by atoms with Gasteiger partial charge in [0, 0.05) is 12.1 Å². The Bertz CT molecular complexity index is 1350. The van der Waals surface area contributed by atoms with Crippen molar-refractivity contribution in [2.24, 2.45) is 0 Å². The summed E-state index contributed by atoms with van der Waals surface area (Å²) >= 11 is 6.15. The van der Waals surface area contributed by atoms with E-state index >= 15 is 0 Å². The lowest BCUT2D eigenvalue weighted by Gasteiger charge is -2.26. The average Bonchev–Trinajstić information content (AvgIpc) is 3.13. The summed E-state index contributed by atoms with van der Waals surface area (Å²) in [5.74, 6) is -0.170. The topological polar surface area (TPSA) is 85.3 Å². The number of halogens is 1. The molecule has 1 aliphatic heterocycles. The van der Waals surface area contributed by atoms with Gasteiger partial charge in [0.05, 0.1) is 37.0 Å². The van der Waals surface area contributed by atoms with E-state index in [1.807, 2.05) is 26.0 Å². The molecule has 0 aliphatic carbocycles. The molecule has 192 valence electrons. The van der Waals surface area contributed by atoms with Gasteiger partial charge < -0.3 is 24.2 Å². The minimum absolute atomic E-state index is 0.00979. The van der Waals surface area contributed by atoms with Crippen LogP contribution in [0.2, 0.25) is 5.02 Å². The summed E-state index contributed by atoms with van der Waals surface area (Å²) in [6, 6.07) is 18.3. The van der Waals surface area contributed by atoms with Crippen LogP contribution < -0.4 is 14.2 Å². The van der Waals surface area contributed by atoms with Gasteiger partial charge in [-0.05, 0) is 67.4 Å². The Morgan fingerprint density at radius 3 is 2.35 bits per heavy atom. The standard InChI is InChI=1S/C29H28ClNO6/c1-17(2)37-21-11-8-19(9-12-21)26-25(27(32)20-10-13-23(30)24(15-20)36-4)28(33)29(34)31(26)16-18-6-5-7-22(14-18)35-3/h5-15,17,26,32H,16H2,1-4H3/b27-25-. The van der Waals surface area contributed by atoms with Crippen LogP contribution in [0.25, 0.3) is 5.76 Å². The molecule has 1 atom stereocenters. The van der Waals surface area contributed by atoms with E-state index in [9.17, 15) is 14.7 Å². The predicted octanol–water partition coefficient (Wildman–Crippen LogP) is 5.77. The number of methoxy groups -OCH3 is 2. The first kappa shape index (κ1) is 26.1. The second-order valence-electron chi connectivity index (χ2n) is 8.86. The van der Waals surface area contributed by atoms with Crippen molar-refractivity contribution in [3.05, 3.63) is 94.0 Å². The number of ketones is 1. The van der Waals surface area contributed by atoms with E-state index in [1.165, 1.54) is 18.1 Å². The lowest BCUT2D eigenvalue weighted by atomic mass is 9.95. The highest BCUT2D eigenvalue weighted by atomic mass is 35.5. The first-order chi connectivity index (χ1) is 17.7. The van der Waals surface area contributed by atoms with E-state index in [0.29, 0.717) is 33.4 Å². The van der Waals surface area contributed by atoms with Crippen molar-refractivity contribution < 1.29 is 28.9 Å². The number of aliphatic hydroxyl groups is 1. The van der Waals surface area contributed by atoms with Gasteiger partial charge in [-0.3, -0.25) is 9.59 Å². The van der Waals surface area contributed by atoms with Crippen molar-refractivity contribution in [2.75, 3.05) is 14.2 Å². The number of carbonyl (C=O) groups excluding carboxylic acids is 2. The van der Waals surface area contributed by atoms with Crippen molar-refractivity contribution in [1.29, 1.82) is 0 Å². The fraction of sp³-hybridized carbons (Fsp3) is 0.241. The van der Waals surface area contributed by atoms with E-state index in [0.717, 1.165) is 5.56 Å². The zero-order chi connectivity index (χ0) is 26.7. The van der Waals surface area contributed by atoms with Crippen LogP contribution in [0.4, 0.5) is 0 Å². The summed E-state index contributed by atoms with van der Waals surface area (Å²) in [5, 5.41) is 11.7. The molecular weight excluding hydrogens is 494 g/mol. The van der Waals surface area contributed by atoms with E-state index in [2.05, 4.69) is 0 Å². The highest BCUT2D eigenvalue weighted by molar-refractivity contribution is 6.46. The Hall–Kier alpha value is -3.97. The van der Waals surface area contributed by atoms with Crippen molar-refractivity contribution in [3.8, 4) is 17.2 Å². The third-order valence-electron chi connectivity index (χ3n) is 6.02. The molecule has 8 heteroatoms. The van der Waals surface area contributed by atoms with Crippen molar-refractivity contribution >= 4 is 29.1 Å². The zero-order valence-corrected chi connectivity index (χ0v) is 21.8. The fourth-order valence-electron chi connectivity index (χ4n) is 4.32. The minimum Gasteiger partial charge on any atom is -0.507 e. The van der Waals surface area contributed by atoms with Crippen molar-refractivity contribution in [2.45, 2.75) is 32.5 Å². The molecule has 1 heterocycles. The number of amides is 1. The number of nitrogens with zero attached hydrogens (tertiary/aromatic N) is 1. The number of ether oxygens (including phenoxy) is 3. The molecule has 3 aromatic carbocycles. The van der Waals surface area contributed by atoms with E-state index in [-0.39, 0.29) is 24.0 Å². The molecule has 1 saturated heterocycles. The van der Waals surface area contributed by atoms with Crippen LogP contribution >= 0.6 is 11.6 Å². The second kappa shape index (κ2) is 11.0. The van der Waals surface area contributed by atoms with Crippen molar-refractivity contribution in [1.82, 2.24) is 4.90 Å². The maximum atomic E-state index is 13.3. The molecule has 3 aromatic rings. The van der Waals surface area contributed by atoms with Gasteiger partial charge in [-0.25, -0.2) is 0 Å². The normalized spacial score (nSPS) is 16.8. The number of hydrogen-bond donors (Lipinski definition) is 1. The molecule has 0 saturated carbocycles. The van der Waals surface area contributed by atoms with Crippen LogP contribution in [0.15, 0.2) is 72.3 Å². The molecule has 1 fully saturated rings. The summed E-state index contributed by atoms with van der Waals surface area (Å²) in [6.45, 7) is 3.99. The van der Waals surface area contributed by atoms with Crippen LogP contribution in [-0.4, -0.2) is 42.0 Å². The molecule has 1 amide bonds. The molecule has 4 rings (SSSR count). The summed E-state index contributed by atoms with van der Waals surface area (Å²) in [6.07, 6.45) is -0.00979. The summed E-state index contributed by atoms with van der Waals surface area (Å²) in [7, 11) is 3.02. The largest absolute Gasteiger partial charge is 0.507 e.